The number of carbonyl (C=O) groups excluding carboxylic acids is 2. The molecule has 3 N–H and O–H groups in total. The Hall–Kier alpha value is -2.14. The number of hydrogen-bond donors (Lipinski definition) is 2. The molecule has 1 aliphatic heterocycles. The topological polar surface area (TPSA) is 75.4 Å². The lowest BCUT2D eigenvalue weighted by molar-refractivity contribution is -0.123. The van der Waals surface area contributed by atoms with E-state index in [0.29, 0.717) is 6.54 Å². The van der Waals surface area contributed by atoms with E-state index >= 15 is 0 Å². The monoisotopic (exact) mass is 329 g/mol. The molecule has 1 aromatic carbocycles. The number of nitrogens with one attached hydrogen (secondary N) is 1. The number of rotatable bonds is 6. The van der Waals surface area contributed by atoms with Crippen molar-refractivity contribution in [2.24, 2.45) is 11.7 Å². The minimum absolute atomic E-state index is 0.0368. The summed E-state index contributed by atoms with van der Waals surface area (Å²) < 4.78 is 0. The molecule has 0 saturated carbocycles. The molecule has 0 spiro atoms. The Balaban J connectivity index is 1.91. The predicted molar refractivity (Wildman–Crippen MR) is 94.9 cm³/mol. The summed E-state index contributed by atoms with van der Waals surface area (Å²) in [6, 6.07) is 8.20. The molecule has 2 amide bonds. The lowest BCUT2D eigenvalue weighted by atomic mass is 9.97. The van der Waals surface area contributed by atoms with Gasteiger partial charge in [-0.05, 0) is 44.4 Å². The fourth-order valence-electron chi connectivity index (χ4n) is 3.03. The number of likely N-dealkylation sites (tertiary alicyclic amines) is 1. The molecule has 0 bridgehead atoms. The summed E-state index contributed by atoms with van der Waals surface area (Å²) in [6.45, 7) is 6.85. The van der Waals surface area contributed by atoms with Gasteiger partial charge < -0.3 is 11.1 Å². The second-order valence-corrected chi connectivity index (χ2v) is 6.74. The van der Waals surface area contributed by atoms with Gasteiger partial charge in [-0.15, -0.1) is 0 Å². The van der Waals surface area contributed by atoms with Gasteiger partial charge in [-0.25, -0.2) is 0 Å². The standard InChI is InChI=1S/C19H27N3O2/c1-14(2)9-18(23)21-11-15-5-3-6-16(10-15)12-22-8-4-7-17(13-22)19(20)24/h3,5-6,9-10,17H,4,7-8,11-13H2,1-2H3,(H2,20,24)(H,21,23)/t17-/m0/s1. The van der Waals surface area contributed by atoms with Crippen LogP contribution in [0.4, 0.5) is 0 Å². The van der Waals surface area contributed by atoms with Gasteiger partial charge >= 0.3 is 0 Å². The third-order valence-corrected chi connectivity index (χ3v) is 4.19. The number of carbonyl (C=O) groups is 2. The van der Waals surface area contributed by atoms with Gasteiger partial charge in [-0.2, -0.15) is 0 Å². The largest absolute Gasteiger partial charge is 0.369 e. The fourth-order valence-corrected chi connectivity index (χ4v) is 3.03. The minimum atomic E-state index is -0.199. The zero-order valence-electron chi connectivity index (χ0n) is 14.5. The van der Waals surface area contributed by atoms with E-state index in [9.17, 15) is 9.59 Å². The Kier molecular flexibility index (Phi) is 6.55. The van der Waals surface area contributed by atoms with Gasteiger partial charge in [0, 0.05) is 25.7 Å². The Bertz CT molecular complexity index is 621. The molecule has 130 valence electrons. The Labute approximate surface area is 143 Å². The number of amides is 2. The number of hydrogen-bond acceptors (Lipinski definition) is 3. The zero-order valence-corrected chi connectivity index (χ0v) is 14.5. The van der Waals surface area contributed by atoms with Crippen LogP contribution in [0.3, 0.4) is 0 Å². The molecule has 0 aromatic heterocycles. The lowest BCUT2D eigenvalue weighted by Crippen LogP contribution is -2.40. The first kappa shape index (κ1) is 18.2. The molecular formula is C19H27N3O2. The Morgan fingerprint density at radius 3 is 2.79 bits per heavy atom. The van der Waals surface area contributed by atoms with Crippen LogP contribution >= 0.6 is 0 Å². The van der Waals surface area contributed by atoms with Gasteiger partial charge in [-0.1, -0.05) is 29.8 Å². The van der Waals surface area contributed by atoms with E-state index in [2.05, 4.69) is 22.3 Å². The van der Waals surface area contributed by atoms with Crippen LogP contribution in [0.15, 0.2) is 35.9 Å². The number of benzene rings is 1. The maximum Gasteiger partial charge on any atom is 0.244 e. The van der Waals surface area contributed by atoms with E-state index in [4.69, 9.17) is 5.73 Å². The van der Waals surface area contributed by atoms with Crippen molar-refractivity contribution in [3.05, 3.63) is 47.0 Å². The van der Waals surface area contributed by atoms with Gasteiger partial charge in [0.05, 0.1) is 5.92 Å². The maximum absolute atomic E-state index is 11.7. The SMILES string of the molecule is CC(C)=CC(=O)NCc1cccc(CN2CCC[C@H](C(N)=O)C2)c1. The second kappa shape index (κ2) is 8.64. The highest BCUT2D eigenvalue weighted by molar-refractivity contribution is 5.87. The van der Waals surface area contributed by atoms with Gasteiger partial charge in [0.25, 0.3) is 0 Å². The normalized spacial score (nSPS) is 18.0. The highest BCUT2D eigenvalue weighted by Crippen LogP contribution is 2.18. The molecule has 0 aliphatic carbocycles. The molecule has 24 heavy (non-hydrogen) atoms. The van der Waals surface area contributed by atoms with Crippen LogP contribution in [-0.2, 0) is 22.7 Å². The molecule has 0 unspecified atom stereocenters. The van der Waals surface area contributed by atoms with Crippen molar-refractivity contribution < 1.29 is 9.59 Å². The van der Waals surface area contributed by atoms with Crippen molar-refractivity contribution in [1.29, 1.82) is 0 Å². The molecule has 1 atom stereocenters. The quantitative estimate of drug-likeness (QED) is 0.784. The summed E-state index contributed by atoms with van der Waals surface area (Å²) in [5, 5.41) is 2.89. The van der Waals surface area contributed by atoms with E-state index in [1.54, 1.807) is 6.08 Å². The van der Waals surface area contributed by atoms with E-state index in [1.807, 2.05) is 26.0 Å². The Morgan fingerprint density at radius 1 is 1.33 bits per heavy atom. The van der Waals surface area contributed by atoms with Crippen molar-refractivity contribution in [1.82, 2.24) is 10.2 Å². The van der Waals surface area contributed by atoms with Crippen LogP contribution in [0.25, 0.3) is 0 Å². The summed E-state index contributed by atoms with van der Waals surface area (Å²) in [7, 11) is 0. The van der Waals surface area contributed by atoms with E-state index in [-0.39, 0.29) is 17.7 Å². The van der Waals surface area contributed by atoms with Crippen LogP contribution in [0, 0.1) is 5.92 Å². The third kappa shape index (κ3) is 5.81. The van der Waals surface area contributed by atoms with Crippen LogP contribution in [0.1, 0.15) is 37.8 Å². The molecule has 0 radical (unpaired) electrons. The number of nitrogens with zero attached hydrogens (tertiary/aromatic N) is 1. The number of primary amides is 1. The van der Waals surface area contributed by atoms with Crippen molar-refractivity contribution >= 4 is 11.8 Å². The smallest absolute Gasteiger partial charge is 0.244 e. The summed E-state index contributed by atoms with van der Waals surface area (Å²) in [4.78, 5) is 25.3. The molecular weight excluding hydrogens is 302 g/mol. The third-order valence-electron chi connectivity index (χ3n) is 4.19. The van der Waals surface area contributed by atoms with Gasteiger partial charge in [0.1, 0.15) is 0 Å². The van der Waals surface area contributed by atoms with Crippen LogP contribution in [-0.4, -0.2) is 29.8 Å². The molecule has 5 nitrogen and oxygen atoms in total. The van der Waals surface area contributed by atoms with E-state index in [1.165, 1.54) is 5.56 Å². The van der Waals surface area contributed by atoms with Crippen LogP contribution in [0.5, 0.6) is 0 Å². The highest BCUT2D eigenvalue weighted by atomic mass is 16.1. The van der Waals surface area contributed by atoms with Gasteiger partial charge in [0.15, 0.2) is 0 Å². The molecule has 5 heteroatoms. The average molecular weight is 329 g/mol. The Morgan fingerprint density at radius 2 is 2.08 bits per heavy atom. The summed E-state index contributed by atoms with van der Waals surface area (Å²) in [5.41, 5.74) is 8.68. The van der Waals surface area contributed by atoms with Crippen molar-refractivity contribution in [2.45, 2.75) is 39.8 Å². The first-order valence-corrected chi connectivity index (χ1v) is 8.46. The average Bonchev–Trinajstić information content (AvgIpc) is 2.53. The molecule has 1 saturated heterocycles. The second-order valence-electron chi connectivity index (χ2n) is 6.74. The number of allylic oxidation sites excluding steroid dienone is 1. The molecule has 1 aromatic rings. The first-order valence-electron chi connectivity index (χ1n) is 8.46. The number of piperidine rings is 1. The minimum Gasteiger partial charge on any atom is -0.369 e. The molecule has 1 heterocycles. The fraction of sp³-hybridized carbons (Fsp3) is 0.474. The van der Waals surface area contributed by atoms with E-state index in [0.717, 1.165) is 43.6 Å². The maximum atomic E-state index is 11.7. The molecule has 1 fully saturated rings. The van der Waals surface area contributed by atoms with Crippen molar-refractivity contribution in [2.75, 3.05) is 13.1 Å². The van der Waals surface area contributed by atoms with Crippen LogP contribution in [0.2, 0.25) is 0 Å². The molecule has 2 rings (SSSR count). The van der Waals surface area contributed by atoms with Crippen molar-refractivity contribution in [3.63, 3.8) is 0 Å². The van der Waals surface area contributed by atoms with Crippen molar-refractivity contribution in [3.8, 4) is 0 Å². The highest BCUT2D eigenvalue weighted by Gasteiger charge is 2.23. The van der Waals surface area contributed by atoms with Crippen LogP contribution < -0.4 is 11.1 Å². The predicted octanol–water partition coefficient (Wildman–Crippen LogP) is 1.97. The zero-order chi connectivity index (χ0) is 17.5. The molecule has 1 aliphatic rings. The first-order chi connectivity index (χ1) is 11.4. The summed E-state index contributed by atoms with van der Waals surface area (Å²) in [6.07, 6.45) is 3.50. The summed E-state index contributed by atoms with van der Waals surface area (Å²) in [5.74, 6) is -0.304. The number of nitrogens with two attached hydrogens (primary N) is 1. The van der Waals surface area contributed by atoms with Gasteiger partial charge in [-0.3, -0.25) is 14.5 Å². The summed E-state index contributed by atoms with van der Waals surface area (Å²) >= 11 is 0. The van der Waals surface area contributed by atoms with E-state index < -0.39 is 0 Å². The van der Waals surface area contributed by atoms with Gasteiger partial charge in [0.2, 0.25) is 11.8 Å². The lowest BCUT2D eigenvalue weighted by Gasteiger charge is -2.31.